The van der Waals surface area contributed by atoms with Crippen LogP contribution in [-0.4, -0.2) is 32.9 Å². The number of rotatable bonds is 8. The lowest BCUT2D eigenvalue weighted by Gasteiger charge is -2.32. The lowest BCUT2D eigenvalue weighted by atomic mass is 9.86. The average molecular weight is 384 g/mol. The molecule has 1 unspecified atom stereocenters. The summed E-state index contributed by atoms with van der Waals surface area (Å²) in [6.45, 7) is 2.74. The van der Waals surface area contributed by atoms with Crippen molar-refractivity contribution in [1.29, 1.82) is 0 Å². The maximum absolute atomic E-state index is 11.5. The molecule has 25 heavy (non-hydrogen) atoms. The Hall–Kier alpha value is -1.40. The minimum Gasteiger partial charge on any atom is -0.395 e. The highest BCUT2D eigenvalue weighted by atomic mass is 35.5. The molecule has 0 radical (unpaired) electrons. The highest BCUT2D eigenvalue weighted by Gasteiger charge is 2.25. The van der Waals surface area contributed by atoms with Crippen LogP contribution in [0.5, 0.6) is 0 Å². The van der Waals surface area contributed by atoms with Gasteiger partial charge in [0, 0.05) is 18.3 Å². The number of hydrogen-bond donors (Lipinski definition) is 2. The van der Waals surface area contributed by atoms with E-state index in [-0.39, 0.29) is 24.6 Å². The summed E-state index contributed by atoms with van der Waals surface area (Å²) in [5.41, 5.74) is 2.01. The Morgan fingerprint density at radius 2 is 1.64 bits per heavy atom. The van der Waals surface area contributed by atoms with E-state index in [9.17, 15) is 8.42 Å². The predicted molar refractivity (Wildman–Crippen MR) is 104 cm³/mol. The molecule has 0 spiro atoms. The van der Waals surface area contributed by atoms with Crippen LogP contribution in [0, 0.1) is 0 Å². The van der Waals surface area contributed by atoms with Crippen molar-refractivity contribution < 1.29 is 13.5 Å². The van der Waals surface area contributed by atoms with Crippen LogP contribution in [0.3, 0.4) is 0 Å². The summed E-state index contributed by atoms with van der Waals surface area (Å²) in [4.78, 5) is 0.343. The number of aliphatic hydroxyl groups excluding tert-OH is 1. The van der Waals surface area contributed by atoms with Crippen LogP contribution < -0.4 is 5.32 Å². The van der Waals surface area contributed by atoms with Gasteiger partial charge in [0.25, 0.3) is 0 Å². The van der Waals surface area contributed by atoms with E-state index in [0.29, 0.717) is 11.4 Å². The highest BCUT2D eigenvalue weighted by Crippen LogP contribution is 2.26. The van der Waals surface area contributed by atoms with Crippen molar-refractivity contribution >= 4 is 22.2 Å². The largest absolute Gasteiger partial charge is 0.395 e. The zero-order valence-corrected chi connectivity index (χ0v) is 16.2. The zero-order valence-electron chi connectivity index (χ0n) is 14.6. The van der Waals surface area contributed by atoms with Gasteiger partial charge < -0.3 is 10.4 Å². The van der Waals surface area contributed by atoms with E-state index in [1.165, 1.54) is 11.8 Å². The van der Waals surface area contributed by atoms with Gasteiger partial charge in [0.2, 0.25) is 0 Å². The Labute approximate surface area is 156 Å². The van der Waals surface area contributed by atoms with Gasteiger partial charge in [-0.2, -0.15) is 0 Å². The summed E-state index contributed by atoms with van der Waals surface area (Å²) < 4.78 is 23.1. The number of hydrogen-bond acceptors (Lipinski definition) is 4. The first-order valence-electron chi connectivity index (χ1n) is 8.05. The first-order chi connectivity index (χ1) is 11.3. The second kappa shape index (κ2) is 9.34. The molecular weight excluding hydrogens is 358 g/mol. The van der Waals surface area contributed by atoms with Gasteiger partial charge in [-0.1, -0.05) is 42.5 Å². The molecule has 2 rings (SSSR count). The minimum absolute atomic E-state index is 0. The molecule has 0 aliphatic heterocycles. The minimum atomic E-state index is -3.16. The van der Waals surface area contributed by atoms with Crippen molar-refractivity contribution in [2.24, 2.45) is 0 Å². The Morgan fingerprint density at radius 3 is 2.16 bits per heavy atom. The van der Waals surface area contributed by atoms with Crippen molar-refractivity contribution in [3.63, 3.8) is 0 Å². The molecule has 138 valence electrons. The van der Waals surface area contributed by atoms with Gasteiger partial charge in [-0.15, -0.1) is 12.4 Å². The summed E-state index contributed by atoms with van der Waals surface area (Å²) in [7, 11) is -3.16. The molecule has 0 aliphatic rings. The van der Waals surface area contributed by atoms with E-state index in [1.54, 1.807) is 12.1 Å². The first kappa shape index (κ1) is 21.6. The monoisotopic (exact) mass is 383 g/mol. The maximum atomic E-state index is 11.5. The molecule has 0 aromatic heterocycles. The van der Waals surface area contributed by atoms with E-state index < -0.39 is 9.84 Å². The lowest BCUT2D eigenvalue weighted by Crippen LogP contribution is -2.41. The van der Waals surface area contributed by atoms with Crippen LogP contribution in [0.1, 0.15) is 24.5 Å². The number of aliphatic hydroxyl groups is 1. The van der Waals surface area contributed by atoms with Crippen molar-refractivity contribution in [3.05, 3.63) is 65.7 Å². The number of halogens is 1. The molecule has 0 aliphatic carbocycles. The smallest absolute Gasteiger partial charge is 0.175 e. The summed E-state index contributed by atoms with van der Waals surface area (Å²) in [5, 5.41) is 12.6. The fourth-order valence-corrected chi connectivity index (χ4v) is 3.40. The lowest BCUT2D eigenvalue weighted by molar-refractivity contribution is 0.253. The zero-order chi connectivity index (χ0) is 17.6. The summed E-state index contributed by atoms with van der Waals surface area (Å²) in [6.07, 6.45) is 2.87. The molecule has 4 nitrogen and oxygen atoms in total. The fraction of sp³-hybridized carbons (Fsp3) is 0.368. The maximum Gasteiger partial charge on any atom is 0.175 e. The molecule has 0 saturated carbocycles. The molecule has 0 amide bonds. The number of aryl methyl sites for hydroxylation is 1. The first-order valence-corrected chi connectivity index (χ1v) is 9.95. The predicted octanol–water partition coefficient (Wildman–Crippen LogP) is 2.94. The van der Waals surface area contributed by atoms with Gasteiger partial charge >= 0.3 is 0 Å². The van der Waals surface area contributed by atoms with E-state index >= 15 is 0 Å². The third-order valence-corrected chi connectivity index (χ3v) is 5.43. The Bertz CT molecular complexity index is 748. The van der Waals surface area contributed by atoms with E-state index in [4.69, 9.17) is 5.11 Å². The third-order valence-electron chi connectivity index (χ3n) is 4.30. The number of benzene rings is 2. The van der Waals surface area contributed by atoms with Gasteiger partial charge in [-0.25, -0.2) is 8.42 Å². The third kappa shape index (κ3) is 6.12. The topological polar surface area (TPSA) is 66.4 Å². The van der Waals surface area contributed by atoms with Crippen molar-refractivity contribution in [3.8, 4) is 0 Å². The summed E-state index contributed by atoms with van der Waals surface area (Å²) in [6, 6.07) is 17.2. The van der Waals surface area contributed by atoms with Crippen LogP contribution in [0.4, 0.5) is 0 Å². The molecule has 6 heteroatoms. The summed E-state index contributed by atoms with van der Waals surface area (Å²) in [5.74, 6) is 0. The molecule has 2 aromatic carbocycles. The van der Waals surface area contributed by atoms with E-state index in [0.717, 1.165) is 18.4 Å². The van der Waals surface area contributed by atoms with Gasteiger partial charge in [-0.05, 0) is 43.0 Å². The quantitative estimate of drug-likeness (QED) is 0.735. The molecule has 0 bridgehead atoms. The van der Waals surface area contributed by atoms with Gasteiger partial charge in [0.1, 0.15) is 0 Å². The van der Waals surface area contributed by atoms with Gasteiger partial charge in [-0.3, -0.25) is 0 Å². The second-order valence-electron chi connectivity index (χ2n) is 6.26. The summed E-state index contributed by atoms with van der Waals surface area (Å²) >= 11 is 0. The van der Waals surface area contributed by atoms with E-state index in [2.05, 4.69) is 24.4 Å². The highest BCUT2D eigenvalue weighted by molar-refractivity contribution is 7.90. The molecule has 1 atom stereocenters. The second-order valence-corrected chi connectivity index (χ2v) is 8.28. The Balaban J connectivity index is 0.00000312. The average Bonchev–Trinajstić information content (AvgIpc) is 2.58. The van der Waals surface area contributed by atoms with Crippen molar-refractivity contribution in [2.45, 2.75) is 30.2 Å². The SMILES string of the molecule is CC(CCc1ccc(S(C)(=O)=O)cc1)(NCCO)c1ccccc1.Cl. The number of sulfone groups is 1. The fourth-order valence-electron chi connectivity index (χ4n) is 2.77. The van der Waals surface area contributed by atoms with Crippen LogP contribution in [0.25, 0.3) is 0 Å². The molecule has 0 saturated heterocycles. The molecular formula is C19H26ClNO3S. The Morgan fingerprint density at radius 1 is 1.04 bits per heavy atom. The number of nitrogens with one attached hydrogen (secondary N) is 1. The van der Waals surface area contributed by atoms with Crippen LogP contribution in [0.15, 0.2) is 59.5 Å². The molecule has 2 N–H and O–H groups in total. The molecule has 0 fully saturated rings. The van der Waals surface area contributed by atoms with Crippen LogP contribution in [-0.2, 0) is 21.8 Å². The normalized spacial score (nSPS) is 13.7. The molecule has 2 aromatic rings. The van der Waals surface area contributed by atoms with E-state index in [1.807, 2.05) is 30.3 Å². The van der Waals surface area contributed by atoms with Crippen molar-refractivity contribution in [2.75, 3.05) is 19.4 Å². The standard InChI is InChI=1S/C19H25NO3S.ClH/c1-19(20-14-15-21,17-6-4-3-5-7-17)13-12-16-8-10-18(11-9-16)24(2,22)23;/h3-11,20-21H,12-15H2,1-2H3;1H. The van der Waals surface area contributed by atoms with Gasteiger partial charge in [0.05, 0.1) is 11.5 Å². The van der Waals surface area contributed by atoms with Crippen LogP contribution in [0.2, 0.25) is 0 Å². The Kier molecular flexibility index (Phi) is 8.09. The van der Waals surface area contributed by atoms with Gasteiger partial charge in [0.15, 0.2) is 9.84 Å². The molecule has 0 heterocycles. The van der Waals surface area contributed by atoms with Crippen molar-refractivity contribution in [1.82, 2.24) is 5.32 Å². The van der Waals surface area contributed by atoms with Crippen LogP contribution >= 0.6 is 12.4 Å².